The highest BCUT2D eigenvalue weighted by molar-refractivity contribution is 6.25. The molecule has 1 aliphatic heterocycles. The van der Waals surface area contributed by atoms with E-state index in [4.69, 9.17) is 4.74 Å². The highest BCUT2D eigenvalue weighted by Crippen LogP contribution is 2.30. The molecular weight excluding hydrogens is 342 g/mol. The number of amides is 1. The molecule has 0 aliphatic carbocycles. The first-order chi connectivity index (χ1) is 13.0. The molecule has 0 saturated carbocycles. The van der Waals surface area contributed by atoms with Gasteiger partial charge in [-0.1, -0.05) is 30.3 Å². The number of carbonyl (C=O) groups excluding carboxylic acids is 2. The van der Waals surface area contributed by atoms with Crippen molar-refractivity contribution < 1.29 is 14.3 Å². The van der Waals surface area contributed by atoms with Gasteiger partial charge in [-0.05, 0) is 44.5 Å². The highest BCUT2D eigenvalue weighted by atomic mass is 16.5. The molecule has 0 saturated heterocycles. The first-order valence-electron chi connectivity index (χ1n) is 8.71. The number of fused-ring (bicyclic) bond motifs is 1. The molecule has 1 aliphatic rings. The lowest BCUT2D eigenvalue weighted by atomic mass is 10.1. The van der Waals surface area contributed by atoms with Gasteiger partial charge in [0.15, 0.2) is 0 Å². The zero-order valence-corrected chi connectivity index (χ0v) is 15.5. The van der Waals surface area contributed by atoms with Gasteiger partial charge >= 0.3 is 5.97 Å². The Hall–Kier alpha value is -3.41. The third-order valence-corrected chi connectivity index (χ3v) is 4.17. The third-order valence-electron chi connectivity index (χ3n) is 4.17. The van der Waals surface area contributed by atoms with Gasteiger partial charge in [-0.2, -0.15) is 0 Å². The summed E-state index contributed by atoms with van der Waals surface area (Å²) in [7, 11) is 0. The number of amidine groups is 1. The topological polar surface area (TPSA) is 79.8 Å². The molecule has 0 atom stereocenters. The summed E-state index contributed by atoms with van der Waals surface area (Å²) in [5.41, 5.74) is 3.48. The number of allylic oxidation sites excluding steroid dienone is 1. The van der Waals surface area contributed by atoms with Gasteiger partial charge in [0.1, 0.15) is 11.4 Å². The zero-order chi connectivity index (χ0) is 19.4. The average Bonchev–Trinajstić information content (AvgIpc) is 2.77. The van der Waals surface area contributed by atoms with Crippen LogP contribution in [-0.2, 0) is 9.53 Å². The van der Waals surface area contributed by atoms with E-state index in [1.165, 1.54) is 0 Å². The van der Waals surface area contributed by atoms with Crippen LogP contribution in [-0.4, -0.2) is 24.3 Å². The number of hydrogen-bond acceptors (Lipinski definition) is 5. The number of carbonyl (C=O) groups is 2. The monoisotopic (exact) mass is 363 g/mol. The van der Waals surface area contributed by atoms with Crippen LogP contribution in [0.25, 0.3) is 0 Å². The Bertz CT molecular complexity index is 961. The number of hydrogen-bond donors (Lipinski definition) is 2. The molecule has 3 rings (SSSR count). The van der Waals surface area contributed by atoms with Gasteiger partial charge in [0.2, 0.25) is 0 Å². The molecule has 6 heteroatoms. The van der Waals surface area contributed by atoms with Crippen molar-refractivity contribution in [1.29, 1.82) is 0 Å². The Kier molecular flexibility index (Phi) is 5.35. The molecule has 0 fully saturated rings. The number of rotatable bonds is 3. The van der Waals surface area contributed by atoms with E-state index in [1.807, 2.05) is 43.3 Å². The van der Waals surface area contributed by atoms with E-state index in [0.717, 1.165) is 11.3 Å². The van der Waals surface area contributed by atoms with E-state index in [-0.39, 0.29) is 23.9 Å². The number of aryl methyl sites for hydroxylation is 1. The molecule has 0 aromatic heterocycles. The Morgan fingerprint density at radius 3 is 2.52 bits per heavy atom. The largest absolute Gasteiger partial charge is 0.462 e. The maximum atomic E-state index is 12.8. The lowest BCUT2D eigenvalue weighted by molar-refractivity contribution is -0.137. The molecule has 27 heavy (non-hydrogen) atoms. The van der Waals surface area contributed by atoms with E-state index in [2.05, 4.69) is 15.6 Å². The van der Waals surface area contributed by atoms with Crippen molar-refractivity contribution in [1.82, 2.24) is 5.32 Å². The maximum Gasteiger partial charge on any atom is 0.343 e. The lowest BCUT2D eigenvalue weighted by Gasteiger charge is -2.14. The minimum absolute atomic E-state index is 0.164. The first-order valence-corrected chi connectivity index (χ1v) is 8.71. The SMILES string of the molecule is CCOC(=O)C1=C(C)Nc2ccccc2N=C1NC(=O)c1ccccc1C. The molecular formula is C21H21N3O3. The summed E-state index contributed by atoms with van der Waals surface area (Å²) in [6.07, 6.45) is 0. The number of nitrogens with one attached hydrogen (secondary N) is 2. The normalized spacial score (nSPS) is 13.1. The minimum Gasteiger partial charge on any atom is -0.462 e. The molecule has 1 amide bonds. The van der Waals surface area contributed by atoms with E-state index < -0.39 is 5.97 Å². The van der Waals surface area contributed by atoms with Crippen molar-refractivity contribution in [3.8, 4) is 0 Å². The number of nitrogens with zero attached hydrogens (tertiary/aromatic N) is 1. The second kappa shape index (κ2) is 7.86. The van der Waals surface area contributed by atoms with Gasteiger partial charge in [-0.3, -0.25) is 4.79 Å². The number of para-hydroxylation sites is 2. The Labute approximate surface area is 158 Å². The summed E-state index contributed by atoms with van der Waals surface area (Å²) in [6.45, 7) is 5.56. The predicted molar refractivity (Wildman–Crippen MR) is 105 cm³/mol. The Morgan fingerprint density at radius 1 is 1.07 bits per heavy atom. The molecule has 0 radical (unpaired) electrons. The van der Waals surface area contributed by atoms with Crippen molar-refractivity contribution in [2.75, 3.05) is 11.9 Å². The molecule has 6 nitrogen and oxygen atoms in total. The van der Waals surface area contributed by atoms with Gasteiger partial charge < -0.3 is 15.4 Å². The number of benzene rings is 2. The number of ether oxygens (including phenoxy) is 1. The molecule has 138 valence electrons. The third kappa shape index (κ3) is 3.89. The van der Waals surface area contributed by atoms with E-state index >= 15 is 0 Å². The summed E-state index contributed by atoms with van der Waals surface area (Å²) in [5, 5.41) is 5.97. The highest BCUT2D eigenvalue weighted by Gasteiger charge is 2.26. The molecule has 0 bridgehead atoms. The van der Waals surface area contributed by atoms with E-state index in [1.54, 1.807) is 26.0 Å². The lowest BCUT2D eigenvalue weighted by Crippen LogP contribution is -2.35. The van der Waals surface area contributed by atoms with Gasteiger partial charge in [0, 0.05) is 11.3 Å². The van der Waals surface area contributed by atoms with Crippen LogP contribution in [0.15, 0.2) is 64.8 Å². The fraction of sp³-hybridized carbons (Fsp3) is 0.190. The summed E-state index contributed by atoms with van der Waals surface area (Å²) >= 11 is 0. The smallest absolute Gasteiger partial charge is 0.343 e. The van der Waals surface area contributed by atoms with Crippen molar-refractivity contribution in [3.63, 3.8) is 0 Å². The predicted octanol–water partition coefficient (Wildman–Crippen LogP) is 3.72. The molecule has 1 heterocycles. The van der Waals surface area contributed by atoms with Crippen LogP contribution in [0, 0.1) is 6.92 Å². The fourth-order valence-corrected chi connectivity index (χ4v) is 2.84. The molecule has 2 aromatic rings. The zero-order valence-electron chi connectivity index (χ0n) is 15.5. The molecule has 0 spiro atoms. The van der Waals surface area contributed by atoms with Crippen LogP contribution in [0.2, 0.25) is 0 Å². The van der Waals surface area contributed by atoms with Crippen LogP contribution < -0.4 is 10.6 Å². The molecule has 2 aromatic carbocycles. The number of anilines is 1. The van der Waals surface area contributed by atoms with Gasteiger partial charge in [0.25, 0.3) is 5.91 Å². The number of aliphatic imine (C=N–C) groups is 1. The second-order valence-corrected chi connectivity index (χ2v) is 6.09. The van der Waals surface area contributed by atoms with Crippen molar-refractivity contribution >= 4 is 29.1 Å². The van der Waals surface area contributed by atoms with Gasteiger partial charge in [0.05, 0.1) is 18.0 Å². The van der Waals surface area contributed by atoms with Gasteiger partial charge in [-0.15, -0.1) is 0 Å². The van der Waals surface area contributed by atoms with Crippen LogP contribution >= 0.6 is 0 Å². The second-order valence-electron chi connectivity index (χ2n) is 6.09. The Balaban J connectivity index is 2.05. The van der Waals surface area contributed by atoms with E-state index in [9.17, 15) is 9.59 Å². The van der Waals surface area contributed by atoms with Crippen LogP contribution in [0.4, 0.5) is 11.4 Å². The maximum absolute atomic E-state index is 12.8. The number of esters is 1. The van der Waals surface area contributed by atoms with E-state index in [0.29, 0.717) is 16.9 Å². The minimum atomic E-state index is -0.542. The van der Waals surface area contributed by atoms with Gasteiger partial charge in [-0.25, -0.2) is 9.79 Å². The van der Waals surface area contributed by atoms with Crippen molar-refractivity contribution in [3.05, 3.63) is 70.9 Å². The first kappa shape index (κ1) is 18.4. The summed E-state index contributed by atoms with van der Waals surface area (Å²) in [5.74, 6) is -0.711. The summed E-state index contributed by atoms with van der Waals surface area (Å²) < 4.78 is 5.18. The fourth-order valence-electron chi connectivity index (χ4n) is 2.84. The van der Waals surface area contributed by atoms with Crippen LogP contribution in [0.1, 0.15) is 29.8 Å². The molecule has 2 N–H and O–H groups in total. The quantitative estimate of drug-likeness (QED) is 0.815. The summed E-state index contributed by atoms with van der Waals surface area (Å²) in [6, 6.07) is 14.6. The molecule has 0 unspecified atom stereocenters. The van der Waals surface area contributed by atoms with Crippen LogP contribution in [0.5, 0.6) is 0 Å². The van der Waals surface area contributed by atoms with Crippen LogP contribution in [0.3, 0.4) is 0 Å². The van der Waals surface area contributed by atoms with Crippen molar-refractivity contribution in [2.24, 2.45) is 4.99 Å². The van der Waals surface area contributed by atoms with Crippen molar-refractivity contribution in [2.45, 2.75) is 20.8 Å². The summed E-state index contributed by atoms with van der Waals surface area (Å²) in [4.78, 5) is 29.9. The standard InChI is InChI=1S/C21H21N3O3/c1-4-27-21(26)18-14(3)22-16-11-7-8-12-17(16)23-19(18)24-20(25)15-10-6-5-9-13(15)2/h5-12,22H,4H2,1-3H3,(H,23,24,25). The average molecular weight is 363 g/mol. The Morgan fingerprint density at radius 2 is 1.78 bits per heavy atom.